The molecule has 2 rings (SSSR count). The molecule has 1 N–H and O–H groups in total. The first-order valence-electron chi connectivity index (χ1n) is 4.37. The van der Waals surface area contributed by atoms with Crippen LogP contribution in [0.5, 0.6) is 0 Å². The van der Waals surface area contributed by atoms with Crippen LogP contribution in [-0.4, -0.2) is 10.2 Å². The van der Waals surface area contributed by atoms with E-state index in [9.17, 15) is 0 Å². The third-order valence-electron chi connectivity index (χ3n) is 1.85. The Labute approximate surface area is 107 Å². The van der Waals surface area contributed by atoms with E-state index in [1.165, 1.54) is 0 Å². The number of nitrogens with zero attached hydrogens (tertiary/aromatic N) is 2. The highest BCUT2D eigenvalue weighted by atomic mass is 35.5. The molecule has 3 nitrogen and oxygen atoms in total. The van der Waals surface area contributed by atoms with Crippen molar-refractivity contribution in [3.8, 4) is 0 Å². The van der Waals surface area contributed by atoms with Crippen molar-refractivity contribution in [2.24, 2.45) is 0 Å². The topological polar surface area (TPSA) is 37.8 Å². The number of hydrogen-bond acceptors (Lipinski definition) is 3. The van der Waals surface area contributed by atoms with Gasteiger partial charge >= 0.3 is 0 Å². The first-order chi connectivity index (χ1) is 7.66. The maximum atomic E-state index is 5.99. The molecule has 0 bridgehead atoms. The minimum Gasteiger partial charge on any atom is -0.336 e. The van der Waals surface area contributed by atoms with Crippen molar-refractivity contribution in [3.63, 3.8) is 0 Å². The van der Waals surface area contributed by atoms with Crippen LogP contribution in [0.15, 0.2) is 30.3 Å². The van der Waals surface area contributed by atoms with Crippen molar-refractivity contribution >= 4 is 46.3 Å². The summed E-state index contributed by atoms with van der Waals surface area (Å²) in [7, 11) is 0. The molecule has 1 aromatic heterocycles. The molecule has 0 radical (unpaired) electrons. The SMILES string of the molecule is Clc1ccc(Nc2c(Cl)cccc2Cl)nn1. The largest absolute Gasteiger partial charge is 0.336 e. The third-order valence-corrected chi connectivity index (χ3v) is 2.68. The summed E-state index contributed by atoms with van der Waals surface area (Å²) < 4.78 is 0. The number of rotatable bonds is 2. The van der Waals surface area contributed by atoms with Crippen molar-refractivity contribution in [2.75, 3.05) is 5.32 Å². The predicted molar refractivity (Wildman–Crippen MR) is 66.8 cm³/mol. The molecule has 0 fully saturated rings. The minimum atomic E-state index is 0.329. The normalized spacial score (nSPS) is 10.2. The van der Waals surface area contributed by atoms with E-state index in [1.807, 2.05) is 0 Å². The molecule has 2 aromatic rings. The summed E-state index contributed by atoms with van der Waals surface area (Å²) in [4.78, 5) is 0. The van der Waals surface area contributed by atoms with E-state index in [4.69, 9.17) is 34.8 Å². The number of aromatic nitrogens is 2. The Bertz CT molecular complexity index is 479. The van der Waals surface area contributed by atoms with Crippen LogP contribution in [0.4, 0.5) is 11.5 Å². The molecule has 0 aliphatic heterocycles. The molecule has 0 spiro atoms. The smallest absolute Gasteiger partial charge is 0.153 e. The van der Waals surface area contributed by atoms with Gasteiger partial charge in [-0.05, 0) is 24.3 Å². The molecule has 0 aliphatic rings. The van der Waals surface area contributed by atoms with Crippen LogP contribution < -0.4 is 5.32 Å². The fourth-order valence-corrected chi connectivity index (χ4v) is 1.72. The summed E-state index contributed by atoms with van der Waals surface area (Å²) in [5.41, 5.74) is 0.599. The number of benzene rings is 1. The van der Waals surface area contributed by atoms with Gasteiger partial charge < -0.3 is 5.32 Å². The van der Waals surface area contributed by atoms with Gasteiger partial charge in [-0.2, -0.15) is 0 Å². The molecule has 1 heterocycles. The Balaban J connectivity index is 2.30. The molecule has 0 atom stereocenters. The fraction of sp³-hybridized carbons (Fsp3) is 0. The van der Waals surface area contributed by atoms with Gasteiger partial charge in [0.1, 0.15) is 0 Å². The van der Waals surface area contributed by atoms with Crippen LogP contribution in [0.2, 0.25) is 15.2 Å². The second-order valence-corrected chi connectivity index (χ2v) is 4.16. The number of halogens is 3. The van der Waals surface area contributed by atoms with Crippen LogP contribution in [0.25, 0.3) is 0 Å². The quantitative estimate of drug-likeness (QED) is 0.892. The summed E-state index contributed by atoms with van der Waals surface area (Å²) in [5, 5.41) is 11.9. The first-order valence-corrected chi connectivity index (χ1v) is 5.50. The number of nitrogens with one attached hydrogen (secondary N) is 1. The average Bonchev–Trinajstić information content (AvgIpc) is 2.26. The average molecular weight is 275 g/mol. The van der Waals surface area contributed by atoms with Gasteiger partial charge in [-0.15, -0.1) is 10.2 Å². The van der Waals surface area contributed by atoms with Crippen molar-refractivity contribution < 1.29 is 0 Å². The van der Waals surface area contributed by atoms with Crippen molar-refractivity contribution in [1.82, 2.24) is 10.2 Å². The van der Waals surface area contributed by atoms with Crippen LogP contribution in [0.1, 0.15) is 0 Å². The molecule has 82 valence electrons. The number of hydrogen-bond donors (Lipinski definition) is 1. The highest BCUT2D eigenvalue weighted by molar-refractivity contribution is 6.39. The van der Waals surface area contributed by atoms with Gasteiger partial charge in [0.05, 0.1) is 15.7 Å². The second-order valence-electron chi connectivity index (χ2n) is 2.96. The van der Waals surface area contributed by atoms with Gasteiger partial charge in [0.25, 0.3) is 0 Å². The lowest BCUT2D eigenvalue weighted by Gasteiger charge is -2.08. The van der Waals surface area contributed by atoms with Crippen molar-refractivity contribution in [3.05, 3.63) is 45.5 Å². The summed E-state index contributed by atoms with van der Waals surface area (Å²) >= 11 is 17.6. The van der Waals surface area contributed by atoms with E-state index in [2.05, 4.69) is 15.5 Å². The monoisotopic (exact) mass is 273 g/mol. The summed E-state index contributed by atoms with van der Waals surface area (Å²) in [6.45, 7) is 0. The lowest BCUT2D eigenvalue weighted by molar-refractivity contribution is 1.04. The van der Waals surface area contributed by atoms with E-state index >= 15 is 0 Å². The van der Waals surface area contributed by atoms with Gasteiger partial charge in [0.2, 0.25) is 0 Å². The maximum Gasteiger partial charge on any atom is 0.153 e. The van der Waals surface area contributed by atoms with E-state index in [0.29, 0.717) is 26.7 Å². The van der Waals surface area contributed by atoms with Crippen molar-refractivity contribution in [2.45, 2.75) is 0 Å². The highest BCUT2D eigenvalue weighted by Crippen LogP contribution is 2.31. The summed E-state index contributed by atoms with van der Waals surface area (Å²) in [6, 6.07) is 8.55. The van der Waals surface area contributed by atoms with Crippen LogP contribution in [0.3, 0.4) is 0 Å². The molecule has 0 unspecified atom stereocenters. The number of anilines is 2. The van der Waals surface area contributed by atoms with Crippen molar-refractivity contribution in [1.29, 1.82) is 0 Å². The van der Waals surface area contributed by atoms with E-state index in [1.54, 1.807) is 30.3 Å². The molecule has 16 heavy (non-hydrogen) atoms. The molecular weight excluding hydrogens is 268 g/mol. The zero-order valence-electron chi connectivity index (χ0n) is 7.92. The van der Waals surface area contributed by atoms with Gasteiger partial charge in [0.15, 0.2) is 11.0 Å². The molecule has 0 saturated carbocycles. The first kappa shape index (κ1) is 11.5. The second kappa shape index (κ2) is 4.87. The zero-order valence-corrected chi connectivity index (χ0v) is 10.2. The standard InChI is InChI=1S/C10H6Cl3N3/c11-6-2-1-3-7(12)10(6)14-9-5-4-8(13)15-16-9/h1-5H,(H,14,16). The Morgan fingerprint density at radius 3 is 2.12 bits per heavy atom. The van der Waals surface area contributed by atoms with Gasteiger partial charge in [-0.25, -0.2) is 0 Å². The van der Waals surface area contributed by atoms with Gasteiger partial charge in [0, 0.05) is 0 Å². The van der Waals surface area contributed by atoms with E-state index < -0.39 is 0 Å². The maximum absolute atomic E-state index is 5.99. The van der Waals surface area contributed by atoms with Crippen LogP contribution >= 0.6 is 34.8 Å². The van der Waals surface area contributed by atoms with Crippen LogP contribution in [0, 0.1) is 0 Å². The van der Waals surface area contributed by atoms with E-state index in [-0.39, 0.29) is 0 Å². The Hall–Kier alpha value is -1.03. The summed E-state index contributed by atoms with van der Waals surface area (Å²) in [5.74, 6) is 0.527. The summed E-state index contributed by atoms with van der Waals surface area (Å²) in [6.07, 6.45) is 0. The molecule has 1 aromatic carbocycles. The lowest BCUT2D eigenvalue weighted by atomic mass is 10.3. The Morgan fingerprint density at radius 1 is 0.875 bits per heavy atom. The molecule has 0 saturated heterocycles. The number of para-hydroxylation sites is 1. The van der Waals surface area contributed by atoms with Gasteiger partial charge in [-0.3, -0.25) is 0 Å². The molecule has 6 heteroatoms. The Kier molecular flexibility index (Phi) is 3.49. The fourth-order valence-electron chi connectivity index (χ4n) is 1.13. The minimum absolute atomic E-state index is 0.329. The molecule has 0 amide bonds. The third kappa shape index (κ3) is 2.55. The molecular formula is C10H6Cl3N3. The Morgan fingerprint density at radius 2 is 1.56 bits per heavy atom. The molecule has 0 aliphatic carbocycles. The lowest BCUT2D eigenvalue weighted by Crippen LogP contribution is -1.96. The van der Waals surface area contributed by atoms with Gasteiger partial charge in [-0.1, -0.05) is 40.9 Å². The van der Waals surface area contributed by atoms with Crippen LogP contribution in [-0.2, 0) is 0 Å². The zero-order chi connectivity index (χ0) is 11.5. The predicted octanol–water partition coefficient (Wildman–Crippen LogP) is 4.18. The highest BCUT2D eigenvalue weighted by Gasteiger charge is 2.06. The van der Waals surface area contributed by atoms with E-state index in [0.717, 1.165) is 0 Å².